The second-order valence-corrected chi connectivity index (χ2v) is 5.14. The molecule has 0 amide bonds. The van der Waals surface area contributed by atoms with E-state index in [9.17, 15) is 0 Å². The van der Waals surface area contributed by atoms with Crippen LogP contribution < -0.4 is 5.32 Å². The van der Waals surface area contributed by atoms with Crippen molar-refractivity contribution in [2.75, 3.05) is 60.2 Å². The summed E-state index contributed by atoms with van der Waals surface area (Å²) in [4.78, 5) is 2.50. The third kappa shape index (κ3) is 12.3. The van der Waals surface area contributed by atoms with Gasteiger partial charge in [-0.25, -0.2) is 0 Å². The number of unbranched alkanes of at least 4 members (excludes halogenated alkanes) is 1. The Kier molecular flexibility index (Phi) is 13.2. The van der Waals surface area contributed by atoms with E-state index in [4.69, 9.17) is 9.47 Å². The Morgan fingerprint density at radius 2 is 1.67 bits per heavy atom. The highest BCUT2D eigenvalue weighted by Gasteiger charge is 2.06. The molecule has 0 heterocycles. The summed E-state index contributed by atoms with van der Waals surface area (Å²) in [5.74, 6) is 0.724. The Morgan fingerprint density at radius 3 is 2.28 bits per heavy atom. The second kappa shape index (κ2) is 13.3. The van der Waals surface area contributed by atoms with Crippen LogP contribution in [-0.4, -0.2) is 65.1 Å². The van der Waals surface area contributed by atoms with Gasteiger partial charge in [0.25, 0.3) is 0 Å². The van der Waals surface area contributed by atoms with Gasteiger partial charge in [0.1, 0.15) is 0 Å². The largest absolute Gasteiger partial charge is 0.383 e. The van der Waals surface area contributed by atoms with Crippen molar-refractivity contribution in [3.63, 3.8) is 0 Å². The molecule has 0 radical (unpaired) electrons. The van der Waals surface area contributed by atoms with Crippen LogP contribution in [0.25, 0.3) is 0 Å². The number of methoxy groups -OCH3 is 2. The molecule has 0 aliphatic rings. The molecule has 0 saturated heterocycles. The van der Waals surface area contributed by atoms with Crippen molar-refractivity contribution in [3.8, 4) is 0 Å². The van der Waals surface area contributed by atoms with Crippen molar-refractivity contribution in [2.45, 2.75) is 26.7 Å². The predicted octanol–water partition coefficient (Wildman–Crippen LogP) is 1.61. The summed E-state index contributed by atoms with van der Waals surface area (Å²) in [5, 5.41) is 3.38. The molecule has 4 heteroatoms. The van der Waals surface area contributed by atoms with E-state index in [-0.39, 0.29) is 0 Å². The first-order chi connectivity index (χ1) is 8.70. The Labute approximate surface area is 113 Å². The summed E-state index contributed by atoms with van der Waals surface area (Å²) >= 11 is 0. The molecular formula is C14H32N2O2. The average molecular weight is 260 g/mol. The molecule has 0 bridgehead atoms. The minimum atomic E-state index is 0.724. The summed E-state index contributed by atoms with van der Waals surface area (Å²) in [5.41, 5.74) is 0. The maximum Gasteiger partial charge on any atom is 0.0589 e. The number of hydrogen-bond donors (Lipinski definition) is 1. The molecule has 0 aliphatic heterocycles. The zero-order chi connectivity index (χ0) is 13.6. The van der Waals surface area contributed by atoms with Gasteiger partial charge in [0, 0.05) is 33.9 Å². The smallest absolute Gasteiger partial charge is 0.0589 e. The zero-order valence-corrected chi connectivity index (χ0v) is 12.7. The van der Waals surface area contributed by atoms with Gasteiger partial charge >= 0.3 is 0 Å². The fourth-order valence-electron chi connectivity index (χ4n) is 1.92. The van der Waals surface area contributed by atoms with Crippen LogP contribution >= 0.6 is 0 Å². The summed E-state index contributed by atoms with van der Waals surface area (Å²) in [6, 6.07) is 0. The van der Waals surface area contributed by atoms with Crippen LogP contribution in [-0.2, 0) is 9.47 Å². The number of rotatable bonds is 13. The Balaban J connectivity index is 3.49. The standard InChI is InChI=1S/C14H32N2O2/c1-14(2)13-16(10-12-18-4)9-6-5-7-15-8-11-17-3/h14-15H,5-13H2,1-4H3. The van der Waals surface area contributed by atoms with Crippen LogP contribution in [0.15, 0.2) is 0 Å². The maximum atomic E-state index is 5.16. The average Bonchev–Trinajstić information content (AvgIpc) is 2.34. The van der Waals surface area contributed by atoms with Gasteiger partial charge in [0.05, 0.1) is 13.2 Å². The molecule has 0 aliphatic carbocycles. The Hall–Kier alpha value is -0.160. The monoisotopic (exact) mass is 260 g/mol. The lowest BCUT2D eigenvalue weighted by atomic mass is 10.2. The minimum absolute atomic E-state index is 0.724. The third-order valence-electron chi connectivity index (χ3n) is 2.80. The van der Waals surface area contributed by atoms with Gasteiger partial charge in [0.2, 0.25) is 0 Å². The fraction of sp³-hybridized carbons (Fsp3) is 1.00. The highest BCUT2D eigenvalue weighted by Crippen LogP contribution is 2.01. The fourth-order valence-corrected chi connectivity index (χ4v) is 1.92. The van der Waals surface area contributed by atoms with E-state index in [0.717, 1.165) is 38.8 Å². The summed E-state index contributed by atoms with van der Waals surface area (Å²) in [7, 11) is 3.51. The molecule has 4 nitrogen and oxygen atoms in total. The van der Waals surface area contributed by atoms with Gasteiger partial charge in [-0.3, -0.25) is 0 Å². The first-order valence-electron chi connectivity index (χ1n) is 7.11. The number of nitrogens with one attached hydrogen (secondary N) is 1. The minimum Gasteiger partial charge on any atom is -0.383 e. The number of hydrogen-bond acceptors (Lipinski definition) is 4. The van der Waals surface area contributed by atoms with Gasteiger partial charge in [-0.15, -0.1) is 0 Å². The van der Waals surface area contributed by atoms with Crippen molar-refractivity contribution in [2.24, 2.45) is 5.92 Å². The summed E-state index contributed by atoms with van der Waals surface area (Å²) in [6.07, 6.45) is 2.47. The zero-order valence-electron chi connectivity index (χ0n) is 12.7. The van der Waals surface area contributed by atoms with Crippen LogP contribution in [0, 0.1) is 5.92 Å². The molecule has 0 spiro atoms. The molecule has 0 aromatic rings. The molecule has 18 heavy (non-hydrogen) atoms. The van der Waals surface area contributed by atoms with Gasteiger partial charge < -0.3 is 19.7 Å². The number of nitrogens with zero attached hydrogens (tertiary/aromatic N) is 1. The van der Waals surface area contributed by atoms with Crippen LogP contribution in [0.1, 0.15) is 26.7 Å². The van der Waals surface area contributed by atoms with E-state index in [1.165, 1.54) is 25.9 Å². The molecule has 0 aromatic carbocycles. The van der Waals surface area contributed by atoms with Crippen molar-refractivity contribution in [1.82, 2.24) is 10.2 Å². The molecule has 110 valence electrons. The normalized spacial score (nSPS) is 11.7. The quantitative estimate of drug-likeness (QED) is 0.510. The predicted molar refractivity (Wildman–Crippen MR) is 77.1 cm³/mol. The van der Waals surface area contributed by atoms with Crippen LogP contribution in [0.5, 0.6) is 0 Å². The molecule has 1 N–H and O–H groups in total. The van der Waals surface area contributed by atoms with Crippen LogP contribution in [0.2, 0.25) is 0 Å². The lowest BCUT2D eigenvalue weighted by Crippen LogP contribution is -2.32. The summed E-state index contributed by atoms with van der Waals surface area (Å²) in [6.45, 7) is 11.6. The van der Waals surface area contributed by atoms with E-state index in [2.05, 4.69) is 24.1 Å². The highest BCUT2D eigenvalue weighted by molar-refractivity contribution is 4.61. The van der Waals surface area contributed by atoms with Crippen LogP contribution in [0.4, 0.5) is 0 Å². The van der Waals surface area contributed by atoms with Crippen molar-refractivity contribution in [3.05, 3.63) is 0 Å². The van der Waals surface area contributed by atoms with E-state index < -0.39 is 0 Å². The van der Waals surface area contributed by atoms with Crippen molar-refractivity contribution in [1.29, 1.82) is 0 Å². The molecule has 0 fully saturated rings. The Morgan fingerprint density at radius 1 is 0.944 bits per heavy atom. The maximum absolute atomic E-state index is 5.16. The number of ether oxygens (including phenoxy) is 2. The Bertz CT molecular complexity index is 166. The van der Waals surface area contributed by atoms with Crippen molar-refractivity contribution < 1.29 is 9.47 Å². The first kappa shape index (κ1) is 17.8. The molecule has 0 saturated carbocycles. The molecular weight excluding hydrogens is 228 g/mol. The lowest BCUT2D eigenvalue weighted by molar-refractivity contribution is 0.138. The van der Waals surface area contributed by atoms with Gasteiger partial charge in [-0.1, -0.05) is 13.8 Å². The van der Waals surface area contributed by atoms with Gasteiger partial charge in [-0.05, 0) is 31.8 Å². The van der Waals surface area contributed by atoms with E-state index in [1.54, 1.807) is 14.2 Å². The topological polar surface area (TPSA) is 33.7 Å². The third-order valence-corrected chi connectivity index (χ3v) is 2.80. The van der Waals surface area contributed by atoms with Gasteiger partial charge in [0.15, 0.2) is 0 Å². The molecule has 0 aromatic heterocycles. The highest BCUT2D eigenvalue weighted by atomic mass is 16.5. The molecule has 0 atom stereocenters. The van der Waals surface area contributed by atoms with E-state index >= 15 is 0 Å². The van der Waals surface area contributed by atoms with Crippen LogP contribution in [0.3, 0.4) is 0 Å². The lowest BCUT2D eigenvalue weighted by Gasteiger charge is -2.23. The first-order valence-corrected chi connectivity index (χ1v) is 7.11. The molecule has 0 unspecified atom stereocenters. The molecule has 0 rings (SSSR count). The van der Waals surface area contributed by atoms with E-state index in [0.29, 0.717) is 0 Å². The van der Waals surface area contributed by atoms with Crippen molar-refractivity contribution >= 4 is 0 Å². The summed E-state index contributed by atoms with van der Waals surface area (Å²) < 4.78 is 10.1. The van der Waals surface area contributed by atoms with E-state index in [1.807, 2.05) is 0 Å². The van der Waals surface area contributed by atoms with Gasteiger partial charge in [-0.2, -0.15) is 0 Å². The second-order valence-electron chi connectivity index (χ2n) is 5.14. The SMILES string of the molecule is COCCNCCCCN(CCOC)CC(C)C.